The SMILES string of the molecule is CCOC(=O)C(=C(C)O)c1ccccn1. The number of allylic oxidation sites excluding steroid dienone is 1. The minimum Gasteiger partial charge on any atom is -0.512 e. The summed E-state index contributed by atoms with van der Waals surface area (Å²) < 4.78 is 4.82. The van der Waals surface area contributed by atoms with E-state index in [1.807, 2.05) is 0 Å². The molecule has 0 bridgehead atoms. The Labute approximate surface area is 88.2 Å². The van der Waals surface area contributed by atoms with Gasteiger partial charge in [0.1, 0.15) is 11.3 Å². The first-order chi connectivity index (χ1) is 7.16. The highest BCUT2D eigenvalue weighted by molar-refractivity contribution is 6.16. The molecule has 0 aliphatic carbocycles. The summed E-state index contributed by atoms with van der Waals surface area (Å²) in [5, 5.41) is 9.40. The molecule has 0 aliphatic rings. The van der Waals surface area contributed by atoms with Crippen molar-refractivity contribution in [2.24, 2.45) is 0 Å². The van der Waals surface area contributed by atoms with Gasteiger partial charge in [0.05, 0.1) is 12.3 Å². The number of carbonyl (C=O) groups excluding carboxylic acids is 1. The number of ether oxygens (including phenoxy) is 1. The van der Waals surface area contributed by atoms with Crippen molar-refractivity contribution in [2.45, 2.75) is 13.8 Å². The largest absolute Gasteiger partial charge is 0.512 e. The van der Waals surface area contributed by atoms with E-state index in [9.17, 15) is 9.90 Å². The summed E-state index contributed by atoms with van der Waals surface area (Å²) in [5.41, 5.74) is 0.522. The number of carbonyl (C=O) groups is 1. The average Bonchev–Trinajstić information content (AvgIpc) is 2.19. The van der Waals surface area contributed by atoms with Gasteiger partial charge in [-0.2, -0.15) is 0 Å². The standard InChI is InChI=1S/C11H13NO3/c1-3-15-11(14)10(8(2)13)9-6-4-5-7-12-9/h4-7,13H,3H2,1-2H3. The van der Waals surface area contributed by atoms with Gasteiger partial charge in [0, 0.05) is 6.20 Å². The molecule has 0 fully saturated rings. The second kappa shape index (κ2) is 5.14. The Hall–Kier alpha value is -1.84. The fourth-order valence-corrected chi connectivity index (χ4v) is 1.15. The van der Waals surface area contributed by atoms with Crippen molar-refractivity contribution < 1.29 is 14.6 Å². The number of aliphatic hydroxyl groups is 1. The lowest BCUT2D eigenvalue weighted by atomic mass is 10.1. The van der Waals surface area contributed by atoms with Crippen LogP contribution >= 0.6 is 0 Å². The highest BCUT2D eigenvalue weighted by Crippen LogP contribution is 2.16. The number of esters is 1. The molecular formula is C11H13NO3. The first-order valence-electron chi connectivity index (χ1n) is 4.65. The Balaban J connectivity index is 3.06. The Morgan fingerprint density at radius 3 is 2.73 bits per heavy atom. The van der Waals surface area contributed by atoms with Gasteiger partial charge < -0.3 is 9.84 Å². The first-order valence-corrected chi connectivity index (χ1v) is 4.65. The van der Waals surface area contributed by atoms with Crippen molar-refractivity contribution >= 4 is 11.5 Å². The van der Waals surface area contributed by atoms with Crippen LogP contribution in [0.15, 0.2) is 30.2 Å². The lowest BCUT2D eigenvalue weighted by Gasteiger charge is -2.06. The molecule has 0 aromatic carbocycles. The van der Waals surface area contributed by atoms with Crippen molar-refractivity contribution in [3.63, 3.8) is 0 Å². The molecule has 15 heavy (non-hydrogen) atoms. The molecule has 0 aliphatic heterocycles. The van der Waals surface area contributed by atoms with E-state index in [4.69, 9.17) is 4.74 Å². The third kappa shape index (κ3) is 2.80. The quantitative estimate of drug-likeness (QED) is 0.467. The van der Waals surface area contributed by atoms with Gasteiger partial charge in [-0.05, 0) is 26.0 Å². The summed E-state index contributed by atoms with van der Waals surface area (Å²) in [6.07, 6.45) is 1.55. The Morgan fingerprint density at radius 1 is 1.53 bits per heavy atom. The molecule has 0 unspecified atom stereocenters. The van der Waals surface area contributed by atoms with Gasteiger partial charge in [-0.3, -0.25) is 4.98 Å². The maximum atomic E-state index is 11.5. The molecular weight excluding hydrogens is 194 g/mol. The normalized spacial score (nSPS) is 11.9. The average molecular weight is 207 g/mol. The second-order valence-corrected chi connectivity index (χ2v) is 2.90. The van der Waals surface area contributed by atoms with Crippen molar-refractivity contribution in [3.8, 4) is 0 Å². The molecule has 0 radical (unpaired) electrons. The zero-order valence-electron chi connectivity index (χ0n) is 8.73. The van der Waals surface area contributed by atoms with Gasteiger partial charge in [0.25, 0.3) is 0 Å². The van der Waals surface area contributed by atoms with E-state index < -0.39 is 5.97 Å². The number of nitrogens with zero attached hydrogens (tertiary/aromatic N) is 1. The van der Waals surface area contributed by atoms with Crippen LogP contribution in [0.25, 0.3) is 5.57 Å². The zero-order valence-corrected chi connectivity index (χ0v) is 8.73. The fraction of sp³-hybridized carbons (Fsp3) is 0.273. The first kappa shape index (κ1) is 11.2. The molecule has 0 spiro atoms. The van der Waals surface area contributed by atoms with Crippen molar-refractivity contribution in [3.05, 3.63) is 35.8 Å². The van der Waals surface area contributed by atoms with Crippen molar-refractivity contribution in [1.29, 1.82) is 0 Å². The highest BCUT2D eigenvalue weighted by Gasteiger charge is 2.17. The van der Waals surface area contributed by atoms with Crippen LogP contribution in [0.2, 0.25) is 0 Å². The van der Waals surface area contributed by atoms with E-state index in [0.717, 1.165) is 0 Å². The summed E-state index contributed by atoms with van der Waals surface area (Å²) in [4.78, 5) is 15.5. The second-order valence-electron chi connectivity index (χ2n) is 2.90. The van der Waals surface area contributed by atoms with Crippen LogP contribution in [0.4, 0.5) is 0 Å². The lowest BCUT2D eigenvalue weighted by molar-refractivity contribution is -0.136. The maximum absolute atomic E-state index is 11.5. The van der Waals surface area contributed by atoms with Crippen molar-refractivity contribution in [2.75, 3.05) is 6.61 Å². The van der Waals surface area contributed by atoms with E-state index in [2.05, 4.69) is 4.98 Å². The molecule has 1 N–H and O–H groups in total. The molecule has 80 valence electrons. The summed E-state index contributed by atoms with van der Waals surface area (Å²) in [6, 6.07) is 5.12. The van der Waals surface area contributed by atoms with Gasteiger partial charge in [-0.25, -0.2) is 4.79 Å². The van der Waals surface area contributed by atoms with Crippen LogP contribution in [0.5, 0.6) is 0 Å². The van der Waals surface area contributed by atoms with Gasteiger partial charge in [0.15, 0.2) is 0 Å². The van der Waals surface area contributed by atoms with Crippen LogP contribution in [0.3, 0.4) is 0 Å². The molecule has 1 aromatic rings. The van der Waals surface area contributed by atoms with Crippen molar-refractivity contribution in [1.82, 2.24) is 4.98 Å². The molecule has 0 amide bonds. The lowest BCUT2D eigenvalue weighted by Crippen LogP contribution is -2.09. The van der Waals surface area contributed by atoms with Gasteiger partial charge in [-0.15, -0.1) is 0 Å². The number of pyridine rings is 1. The van der Waals surface area contributed by atoms with Crippen LogP contribution in [0, 0.1) is 0 Å². The number of hydrogen-bond donors (Lipinski definition) is 1. The Kier molecular flexibility index (Phi) is 3.85. The number of hydrogen-bond acceptors (Lipinski definition) is 4. The Morgan fingerprint density at radius 2 is 2.27 bits per heavy atom. The van der Waals surface area contributed by atoms with E-state index in [-0.39, 0.29) is 17.9 Å². The fourth-order valence-electron chi connectivity index (χ4n) is 1.15. The van der Waals surface area contributed by atoms with E-state index in [0.29, 0.717) is 5.69 Å². The minimum atomic E-state index is -0.559. The third-order valence-corrected chi connectivity index (χ3v) is 1.76. The Bertz CT molecular complexity index is 367. The number of aliphatic hydroxyl groups excluding tert-OH is 1. The van der Waals surface area contributed by atoms with E-state index >= 15 is 0 Å². The predicted molar refractivity (Wildman–Crippen MR) is 56.1 cm³/mol. The molecule has 1 heterocycles. The minimum absolute atomic E-state index is 0.0906. The molecule has 0 saturated heterocycles. The monoisotopic (exact) mass is 207 g/mol. The van der Waals surface area contributed by atoms with Gasteiger partial charge >= 0.3 is 5.97 Å². The van der Waals surface area contributed by atoms with Crippen LogP contribution in [0.1, 0.15) is 19.5 Å². The maximum Gasteiger partial charge on any atom is 0.343 e. The summed E-state index contributed by atoms with van der Waals surface area (Å²) in [7, 11) is 0. The summed E-state index contributed by atoms with van der Waals surface area (Å²) in [5.74, 6) is -0.650. The number of rotatable bonds is 3. The molecule has 4 heteroatoms. The summed E-state index contributed by atoms with van der Waals surface area (Å²) in [6.45, 7) is 3.41. The zero-order chi connectivity index (χ0) is 11.3. The van der Waals surface area contributed by atoms with Crippen LogP contribution in [-0.2, 0) is 9.53 Å². The summed E-state index contributed by atoms with van der Waals surface area (Å²) >= 11 is 0. The highest BCUT2D eigenvalue weighted by atomic mass is 16.5. The molecule has 4 nitrogen and oxygen atoms in total. The van der Waals surface area contributed by atoms with Gasteiger partial charge in [-0.1, -0.05) is 6.07 Å². The molecule has 0 atom stereocenters. The molecule has 1 aromatic heterocycles. The third-order valence-electron chi connectivity index (χ3n) is 1.76. The van der Waals surface area contributed by atoms with E-state index in [1.54, 1.807) is 31.3 Å². The number of aromatic nitrogens is 1. The topological polar surface area (TPSA) is 59.4 Å². The predicted octanol–water partition coefficient (Wildman–Crippen LogP) is 1.93. The smallest absolute Gasteiger partial charge is 0.343 e. The van der Waals surface area contributed by atoms with E-state index in [1.165, 1.54) is 6.92 Å². The van der Waals surface area contributed by atoms with Gasteiger partial charge in [0.2, 0.25) is 0 Å². The van der Waals surface area contributed by atoms with Crippen LogP contribution < -0.4 is 0 Å². The molecule has 0 saturated carbocycles. The molecule has 1 rings (SSSR count). The van der Waals surface area contributed by atoms with Crippen LogP contribution in [-0.4, -0.2) is 22.7 Å².